The maximum atomic E-state index is 5.29. The molecule has 3 heteroatoms. The zero-order valence-electron chi connectivity index (χ0n) is 7.38. The summed E-state index contributed by atoms with van der Waals surface area (Å²) in [7, 11) is 0. The molecule has 0 bridgehead atoms. The van der Waals surface area contributed by atoms with Gasteiger partial charge in [0, 0.05) is 11.9 Å². The van der Waals surface area contributed by atoms with Crippen molar-refractivity contribution in [1.29, 1.82) is 0 Å². The van der Waals surface area contributed by atoms with Crippen LogP contribution >= 0.6 is 12.6 Å². The maximum absolute atomic E-state index is 5.29. The van der Waals surface area contributed by atoms with Gasteiger partial charge in [0.1, 0.15) is 0 Å². The van der Waals surface area contributed by atoms with Crippen molar-refractivity contribution >= 4 is 12.6 Å². The van der Waals surface area contributed by atoms with E-state index >= 15 is 0 Å². The van der Waals surface area contributed by atoms with Crippen molar-refractivity contribution in [2.24, 2.45) is 0 Å². The molecule has 2 nitrogen and oxygen atoms in total. The standard InChI is InChI=1S/C8H18O2S/c1-3-8(11)7-10-6-5-9-4-2/h8,11H,3-7H2,1-2H3. The molecule has 0 spiro atoms. The molecule has 0 aromatic heterocycles. The largest absolute Gasteiger partial charge is 0.379 e. The van der Waals surface area contributed by atoms with Crippen molar-refractivity contribution in [2.45, 2.75) is 25.5 Å². The van der Waals surface area contributed by atoms with Crippen LogP contribution in [0.25, 0.3) is 0 Å². The van der Waals surface area contributed by atoms with Crippen molar-refractivity contribution in [3.05, 3.63) is 0 Å². The van der Waals surface area contributed by atoms with Gasteiger partial charge in [0.15, 0.2) is 0 Å². The van der Waals surface area contributed by atoms with E-state index in [-0.39, 0.29) is 0 Å². The summed E-state index contributed by atoms with van der Waals surface area (Å²) in [6, 6.07) is 0. The molecule has 0 aromatic rings. The van der Waals surface area contributed by atoms with E-state index in [2.05, 4.69) is 19.6 Å². The van der Waals surface area contributed by atoms with E-state index in [9.17, 15) is 0 Å². The molecular weight excluding hydrogens is 160 g/mol. The van der Waals surface area contributed by atoms with Crippen LogP contribution in [-0.2, 0) is 9.47 Å². The van der Waals surface area contributed by atoms with Crippen molar-refractivity contribution in [2.75, 3.05) is 26.4 Å². The molecule has 1 atom stereocenters. The van der Waals surface area contributed by atoms with Gasteiger partial charge in [-0.3, -0.25) is 0 Å². The van der Waals surface area contributed by atoms with Crippen molar-refractivity contribution in [1.82, 2.24) is 0 Å². The minimum atomic E-state index is 0.372. The Morgan fingerprint density at radius 1 is 1.18 bits per heavy atom. The Hall–Kier alpha value is 0.270. The molecule has 0 aromatic carbocycles. The molecule has 68 valence electrons. The fourth-order valence-corrected chi connectivity index (χ4v) is 0.705. The zero-order valence-corrected chi connectivity index (χ0v) is 8.27. The van der Waals surface area contributed by atoms with Crippen molar-refractivity contribution < 1.29 is 9.47 Å². The quantitative estimate of drug-likeness (QED) is 0.473. The normalized spacial score (nSPS) is 13.4. The van der Waals surface area contributed by atoms with Gasteiger partial charge < -0.3 is 9.47 Å². The molecule has 0 rings (SSSR count). The highest BCUT2D eigenvalue weighted by molar-refractivity contribution is 7.81. The Morgan fingerprint density at radius 3 is 2.36 bits per heavy atom. The highest BCUT2D eigenvalue weighted by Crippen LogP contribution is 1.99. The molecule has 0 radical (unpaired) electrons. The van der Waals surface area contributed by atoms with Gasteiger partial charge in [0.05, 0.1) is 19.8 Å². The summed E-state index contributed by atoms with van der Waals surface area (Å²) < 4.78 is 10.4. The summed E-state index contributed by atoms with van der Waals surface area (Å²) >= 11 is 4.29. The summed E-state index contributed by atoms with van der Waals surface area (Å²) in [5.74, 6) is 0. The summed E-state index contributed by atoms with van der Waals surface area (Å²) in [4.78, 5) is 0. The maximum Gasteiger partial charge on any atom is 0.0700 e. The minimum absolute atomic E-state index is 0.372. The zero-order chi connectivity index (χ0) is 8.53. The van der Waals surface area contributed by atoms with Gasteiger partial charge >= 0.3 is 0 Å². The van der Waals surface area contributed by atoms with E-state index in [0.717, 1.165) is 19.6 Å². The Kier molecular flexibility index (Phi) is 8.57. The van der Waals surface area contributed by atoms with Gasteiger partial charge in [-0.2, -0.15) is 12.6 Å². The third kappa shape index (κ3) is 8.17. The lowest BCUT2D eigenvalue weighted by Crippen LogP contribution is -2.11. The molecule has 0 fully saturated rings. The molecule has 0 aliphatic carbocycles. The average Bonchev–Trinajstić information content (AvgIpc) is 2.04. The molecule has 11 heavy (non-hydrogen) atoms. The molecular formula is C8H18O2S. The van der Waals surface area contributed by atoms with Crippen LogP contribution in [0.4, 0.5) is 0 Å². The number of thiol groups is 1. The SMILES string of the molecule is CCOCCOCC(S)CC. The first-order chi connectivity index (χ1) is 5.31. The van der Waals surface area contributed by atoms with Crippen LogP contribution in [0.2, 0.25) is 0 Å². The van der Waals surface area contributed by atoms with Crippen molar-refractivity contribution in [3.63, 3.8) is 0 Å². The second kappa shape index (κ2) is 8.37. The monoisotopic (exact) mass is 178 g/mol. The molecule has 0 saturated heterocycles. The molecule has 0 saturated carbocycles. The molecule has 0 N–H and O–H groups in total. The molecule has 0 aliphatic rings. The predicted octanol–water partition coefficient (Wildman–Crippen LogP) is 1.75. The van der Waals surface area contributed by atoms with Crippen LogP contribution in [0.1, 0.15) is 20.3 Å². The van der Waals surface area contributed by atoms with Gasteiger partial charge in [-0.1, -0.05) is 6.92 Å². The van der Waals surface area contributed by atoms with Crippen LogP contribution < -0.4 is 0 Å². The lowest BCUT2D eigenvalue weighted by molar-refractivity contribution is 0.0534. The summed E-state index contributed by atoms with van der Waals surface area (Å²) in [6.45, 7) is 6.96. The first-order valence-corrected chi connectivity index (χ1v) is 4.66. The second-order valence-corrected chi connectivity index (χ2v) is 3.06. The van der Waals surface area contributed by atoms with Crippen LogP contribution in [0.3, 0.4) is 0 Å². The minimum Gasteiger partial charge on any atom is -0.379 e. The van der Waals surface area contributed by atoms with Crippen molar-refractivity contribution in [3.8, 4) is 0 Å². The first-order valence-electron chi connectivity index (χ1n) is 4.14. The topological polar surface area (TPSA) is 18.5 Å². The van der Waals surface area contributed by atoms with Gasteiger partial charge in [-0.05, 0) is 13.3 Å². The van der Waals surface area contributed by atoms with Crippen LogP contribution in [0, 0.1) is 0 Å². The highest BCUT2D eigenvalue weighted by atomic mass is 32.1. The lowest BCUT2D eigenvalue weighted by Gasteiger charge is -2.08. The van der Waals surface area contributed by atoms with Crippen LogP contribution in [0.15, 0.2) is 0 Å². The van der Waals surface area contributed by atoms with Gasteiger partial charge in [-0.15, -0.1) is 0 Å². The van der Waals surface area contributed by atoms with Gasteiger partial charge in [-0.25, -0.2) is 0 Å². The van der Waals surface area contributed by atoms with Gasteiger partial charge in [0.2, 0.25) is 0 Å². The fourth-order valence-electron chi connectivity index (χ4n) is 0.599. The lowest BCUT2D eigenvalue weighted by atomic mass is 10.3. The summed E-state index contributed by atoms with van der Waals surface area (Å²) in [6.07, 6.45) is 1.05. The predicted molar refractivity (Wildman–Crippen MR) is 50.4 cm³/mol. The van der Waals surface area contributed by atoms with E-state index in [1.54, 1.807) is 0 Å². The third-order valence-electron chi connectivity index (χ3n) is 1.36. The smallest absolute Gasteiger partial charge is 0.0700 e. The number of ether oxygens (including phenoxy) is 2. The van der Waals surface area contributed by atoms with E-state index in [1.807, 2.05) is 6.92 Å². The fraction of sp³-hybridized carbons (Fsp3) is 1.00. The van der Waals surface area contributed by atoms with Crippen LogP contribution in [0.5, 0.6) is 0 Å². The second-order valence-electron chi connectivity index (χ2n) is 2.33. The Bertz CT molecular complexity index is 78.5. The number of hydrogen-bond acceptors (Lipinski definition) is 3. The van der Waals surface area contributed by atoms with E-state index in [4.69, 9.17) is 9.47 Å². The molecule has 0 aliphatic heterocycles. The van der Waals surface area contributed by atoms with E-state index in [1.165, 1.54) is 0 Å². The van der Waals surface area contributed by atoms with E-state index < -0.39 is 0 Å². The molecule has 1 unspecified atom stereocenters. The third-order valence-corrected chi connectivity index (χ3v) is 1.87. The van der Waals surface area contributed by atoms with Crippen LogP contribution in [-0.4, -0.2) is 31.7 Å². The molecule has 0 heterocycles. The highest BCUT2D eigenvalue weighted by Gasteiger charge is 1.97. The number of rotatable bonds is 7. The molecule has 0 amide bonds. The Balaban J connectivity index is 2.89. The Morgan fingerprint density at radius 2 is 1.82 bits per heavy atom. The van der Waals surface area contributed by atoms with Gasteiger partial charge in [0.25, 0.3) is 0 Å². The Labute approximate surface area is 74.7 Å². The summed E-state index contributed by atoms with van der Waals surface area (Å²) in [5.41, 5.74) is 0. The average molecular weight is 178 g/mol. The summed E-state index contributed by atoms with van der Waals surface area (Å²) in [5, 5.41) is 0.372. The number of hydrogen-bond donors (Lipinski definition) is 1. The van der Waals surface area contributed by atoms with E-state index in [0.29, 0.717) is 18.5 Å². The first kappa shape index (κ1) is 11.3.